The topological polar surface area (TPSA) is 9.23 Å². The summed E-state index contributed by atoms with van der Waals surface area (Å²) in [6.45, 7) is 16.2. The normalized spacial score (nSPS) is 23.3. The summed E-state index contributed by atoms with van der Waals surface area (Å²) in [6, 6.07) is 9.27. The summed E-state index contributed by atoms with van der Waals surface area (Å²) < 4.78 is 6.77. The summed E-state index contributed by atoms with van der Waals surface area (Å²) in [5.41, 5.74) is 2.87. The van der Waals surface area contributed by atoms with E-state index in [0.29, 0.717) is 23.0 Å². The van der Waals surface area contributed by atoms with E-state index in [2.05, 4.69) is 84.1 Å². The van der Waals surface area contributed by atoms with Gasteiger partial charge in [-0.1, -0.05) is 70.5 Å². The van der Waals surface area contributed by atoms with E-state index < -0.39 is 8.32 Å². The van der Waals surface area contributed by atoms with Crippen LogP contribution in [0.3, 0.4) is 0 Å². The minimum Gasteiger partial charge on any atom is -0.414 e. The fourth-order valence-corrected chi connectivity index (χ4v) is 5.03. The van der Waals surface area contributed by atoms with Gasteiger partial charge in [0.2, 0.25) is 0 Å². The molecule has 140 valence electrons. The lowest BCUT2D eigenvalue weighted by Gasteiger charge is -2.40. The summed E-state index contributed by atoms with van der Waals surface area (Å²) in [5.74, 6) is 1.19. The van der Waals surface area contributed by atoms with Gasteiger partial charge in [-0.3, -0.25) is 0 Å². The van der Waals surface area contributed by atoms with Crippen molar-refractivity contribution in [3.8, 4) is 0 Å². The van der Waals surface area contributed by atoms with E-state index in [4.69, 9.17) is 4.43 Å². The number of benzene rings is 1. The van der Waals surface area contributed by atoms with Crippen LogP contribution in [-0.2, 0) is 10.8 Å². The van der Waals surface area contributed by atoms with Crippen molar-refractivity contribution in [2.24, 2.45) is 5.92 Å². The lowest BCUT2D eigenvalue weighted by Crippen LogP contribution is -2.45. The second kappa shape index (κ2) is 8.22. The van der Waals surface area contributed by atoms with Gasteiger partial charge < -0.3 is 4.43 Å². The number of rotatable bonds is 6. The molecule has 0 amide bonds. The molecule has 2 heteroatoms. The van der Waals surface area contributed by atoms with E-state index in [0.717, 1.165) is 6.42 Å². The van der Waals surface area contributed by atoms with Crippen molar-refractivity contribution >= 4 is 8.32 Å². The summed E-state index contributed by atoms with van der Waals surface area (Å²) in [6.07, 6.45) is 9.90. The Balaban J connectivity index is 2.01. The molecule has 0 spiro atoms. The van der Waals surface area contributed by atoms with Crippen molar-refractivity contribution in [3.05, 3.63) is 47.5 Å². The van der Waals surface area contributed by atoms with Gasteiger partial charge in [-0.25, -0.2) is 0 Å². The van der Waals surface area contributed by atoms with Gasteiger partial charge in [0, 0.05) is 6.10 Å². The molecule has 1 aliphatic carbocycles. The third kappa shape index (κ3) is 5.31. The van der Waals surface area contributed by atoms with E-state index in [9.17, 15) is 0 Å². The minimum absolute atomic E-state index is 0.296. The third-order valence-electron chi connectivity index (χ3n) is 6.33. The molecule has 3 atom stereocenters. The van der Waals surface area contributed by atoms with Crippen molar-refractivity contribution in [1.82, 2.24) is 0 Å². The average Bonchev–Trinajstić information content (AvgIpc) is 2.93. The van der Waals surface area contributed by atoms with Crippen LogP contribution in [0.25, 0.3) is 0 Å². The molecular weight excluding hydrogens is 320 g/mol. The molecule has 1 aromatic carbocycles. The zero-order chi connectivity index (χ0) is 18.7. The molecule has 1 aliphatic rings. The molecule has 0 saturated heterocycles. The van der Waals surface area contributed by atoms with Crippen molar-refractivity contribution in [2.45, 2.75) is 90.5 Å². The quantitative estimate of drug-likeness (QED) is 0.389. The molecule has 1 saturated carbocycles. The highest BCUT2D eigenvalue weighted by atomic mass is 28.4. The summed E-state index contributed by atoms with van der Waals surface area (Å²) >= 11 is 0. The van der Waals surface area contributed by atoms with Crippen LogP contribution in [0, 0.1) is 5.92 Å². The lowest BCUT2D eigenvalue weighted by molar-refractivity contribution is 0.140. The predicted octanol–water partition coefficient (Wildman–Crippen LogP) is 7.10. The Morgan fingerprint density at radius 3 is 2.36 bits per heavy atom. The van der Waals surface area contributed by atoms with Gasteiger partial charge >= 0.3 is 0 Å². The van der Waals surface area contributed by atoms with Crippen LogP contribution >= 0.6 is 0 Å². The second-order valence-corrected chi connectivity index (χ2v) is 14.1. The van der Waals surface area contributed by atoms with Gasteiger partial charge in [0.25, 0.3) is 0 Å². The maximum Gasteiger partial charge on any atom is 0.192 e. The van der Waals surface area contributed by atoms with Crippen LogP contribution in [0.1, 0.15) is 70.9 Å². The predicted molar refractivity (Wildman–Crippen MR) is 113 cm³/mol. The average molecular weight is 359 g/mol. The molecule has 0 unspecified atom stereocenters. The molecule has 0 heterocycles. The first-order valence-electron chi connectivity index (χ1n) is 10.0. The standard InChI is InChI=1S/C23H38OSi/c1-8-10-18(2)20-15-13-19(14-16-20)17-21-11-9-12-22(21)24-25(6,7)23(3,4)5/h8,10,13-16,18,21-22H,9,11-12,17H2,1-7H3/b10-8+/t18-,21-,22+/m1/s1. The van der Waals surface area contributed by atoms with E-state index in [1.807, 2.05) is 0 Å². The van der Waals surface area contributed by atoms with Gasteiger partial charge in [-0.15, -0.1) is 0 Å². The molecule has 2 rings (SSSR count). The first kappa shape index (κ1) is 20.4. The zero-order valence-electron chi connectivity index (χ0n) is 17.4. The Labute approximate surface area is 157 Å². The highest BCUT2D eigenvalue weighted by Gasteiger charge is 2.41. The Kier molecular flexibility index (Phi) is 6.72. The highest BCUT2D eigenvalue weighted by Crippen LogP contribution is 2.41. The Morgan fingerprint density at radius 2 is 1.80 bits per heavy atom. The molecule has 1 fully saturated rings. The second-order valence-electron chi connectivity index (χ2n) is 9.37. The monoisotopic (exact) mass is 358 g/mol. The fraction of sp³-hybridized carbons (Fsp3) is 0.652. The molecule has 0 aliphatic heterocycles. The number of hydrogen-bond acceptors (Lipinski definition) is 1. The van der Waals surface area contributed by atoms with Crippen molar-refractivity contribution in [3.63, 3.8) is 0 Å². The van der Waals surface area contributed by atoms with Crippen molar-refractivity contribution < 1.29 is 4.43 Å². The number of hydrogen-bond donors (Lipinski definition) is 0. The number of allylic oxidation sites excluding steroid dienone is 2. The molecule has 25 heavy (non-hydrogen) atoms. The summed E-state index contributed by atoms with van der Waals surface area (Å²) in [4.78, 5) is 0. The van der Waals surface area contributed by atoms with Gasteiger partial charge in [0.05, 0.1) is 0 Å². The van der Waals surface area contributed by atoms with Crippen LogP contribution in [0.4, 0.5) is 0 Å². The smallest absolute Gasteiger partial charge is 0.192 e. The zero-order valence-corrected chi connectivity index (χ0v) is 18.4. The molecule has 1 nitrogen and oxygen atoms in total. The van der Waals surface area contributed by atoms with Crippen LogP contribution in [0.2, 0.25) is 18.1 Å². The van der Waals surface area contributed by atoms with Crippen LogP contribution in [0.15, 0.2) is 36.4 Å². The molecule has 0 aromatic heterocycles. The lowest BCUT2D eigenvalue weighted by atomic mass is 9.93. The minimum atomic E-state index is -1.67. The van der Waals surface area contributed by atoms with Gasteiger partial charge in [0.15, 0.2) is 8.32 Å². The van der Waals surface area contributed by atoms with Gasteiger partial charge in [0.1, 0.15) is 0 Å². The molecule has 0 N–H and O–H groups in total. The van der Waals surface area contributed by atoms with Crippen LogP contribution in [-0.4, -0.2) is 14.4 Å². The Bertz CT molecular complexity index is 565. The molecular formula is C23H38OSi. The maximum atomic E-state index is 6.77. The van der Waals surface area contributed by atoms with Crippen molar-refractivity contribution in [1.29, 1.82) is 0 Å². The molecule has 1 aromatic rings. The molecule has 0 radical (unpaired) electrons. The Hall–Kier alpha value is -0.863. The highest BCUT2D eigenvalue weighted by molar-refractivity contribution is 6.74. The Morgan fingerprint density at radius 1 is 1.16 bits per heavy atom. The first-order valence-corrected chi connectivity index (χ1v) is 12.9. The van der Waals surface area contributed by atoms with Crippen LogP contribution < -0.4 is 0 Å². The fourth-order valence-electron chi connectivity index (χ4n) is 3.61. The van der Waals surface area contributed by atoms with Crippen LogP contribution in [0.5, 0.6) is 0 Å². The van der Waals surface area contributed by atoms with E-state index in [1.54, 1.807) is 0 Å². The first-order chi connectivity index (χ1) is 11.6. The van der Waals surface area contributed by atoms with Gasteiger partial charge in [-0.2, -0.15) is 0 Å². The van der Waals surface area contributed by atoms with E-state index in [1.165, 1.54) is 30.4 Å². The molecule has 0 bridgehead atoms. The SMILES string of the molecule is C/C=C/[C@@H](C)c1ccc(C[C@H]2CCC[C@@H]2O[Si](C)(C)C(C)(C)C)cc1. The van der Waals surface area contributed by atoms with E-state index in [-0.39, 0.29) is 0 Å². The summed E-state index contributed by atoms with van der Waals surface area (Å²) in [7, 11) is -1.67. The maximum absolute atomic E-state index is 6.77. The summed E-state index contributed by atoms with van der Waals surface area (Å²) in [5, 5.41) is 0.296. The van der Waals surface area contributed by atoms with E-state index >= 15 is 0 Å². The van der Waals surface area contributed by atoms with Crippen molar-refractivity contribution in [2.75, 3.05) is 0 Å². The largest absolute Gasteiger partial charge is 0.414 e. The third-order valence-corrected chi connectivity index (χ3v) is 10.8. The van der Waals surface area contributed by atoms with Gasteiger partial charge in [-0.05, 0) is 67.3 Å².